The number of aliphatic hydroxyl groups is 2. The van der Waals surface area contributed by atoms with Gasteiger partial charge in [0.05, 0.1) is 11.7 Å². The summed E-state index contributed by atoms with van der Waals surface area (Å²) in [6.45, 7) is -2.15. The minimum Gasteiger partial charge on any atom is -0.393 e. The van der Waals surface area contributed by atoms with Gasteiger partial charge in [0, 0.05) is 12.3 Å². The molecule has 164 valence electrons. The van der Waals surface area contributed by atoms with Gasteiger partial charge in [-0.15, -0.1) is 0 Å². The zero-order valence-corrected chi connectivity index (χ0v) is 17.8. The number of fused-ring (bicyclic) bond motifs is 1. The van der Waals surface area contributed by atoms with Crippen molar-refractivity contribution >= 4 is 0 Å². The highest BCUT2D eigenvalue weighted by atomic mass is 16.3. The molecule has 0 spiro atoms. The van der Waals surface area contributed by atoms with Crippen molar-refractivity contribution in [1.82, 2.24) is 0 Å². The van der Waals surface area contributed by atoms with E-state index < -0.39 is 38.0 Å². The molecule has 29 heavy (non-hydrogen) atoms. The highest BCUT2D eigenvalue weighted by Gasteiger charge is 2.50. The van der Waals surface area contributed by atoms with Crippen LogP contribution in [0.25, 0.3) is 0 Å². The second-order valence-corrected chi connectivity index (χ2v) is 9.79. The van der Waals surface area contributed by atoms with Crippen molar-refractivity contribution in [1.29, 1.82) is 0 Å². The SMILES string of the molecule is [2H]C([2H])([2H])C(O)(CCC[C@H](C)[C@@H]1CC[C@@H]2/C(=C/C=C3/C[C@H](O)CCC3=C)CCC[C@]21C([2H])([2H])[2H])C([2H])([2H])[2H]. The zero-order chi connectivity index (χ0) is 28.7. The van der Waals surface area contributed by atoms with Crippen molar-refractivity contribution in [2.24, 2.45) is 23.2 Å². The summed E-state index contributed by atoms with van der Waals surface area (Å²) in [7, 11) is 0. The van der Waals surface area contributed by atoms with Crippen LogP contribution in [-0.4, -0.2) is 21.9 Å². The highest BCUT2D eigenvalue weighted by molar-refractivity contribution is 5.36. The van der Waals surface area contributed by atoms with Gasteiger partial charge in [-0.1, -0.05) is 56.5 Å². The van der Waals surface area contributed by atoms with Crippen molar-refractivity contribution in [2.75, 3.05) is 0 Å². The van der Waals surface area contributed by atoms with Gasteiger partial charge in [-0.25, -0.2) is 0 Å². The maximum absolute atomic E-state index is 10.6. The molecule has 3 aliphatic rings. The first-order valence-electron chi connectivity index (χ1n) is 15.8. The van der Waals surface area contributed by atoms with E-state index in [1.807, 2.05) is 13.0 Å². The molecule has 3 aliphatic carbocycles. The standard InChI is InChI=1S/C27H44O2/c1-19-10-13-23(28)18-22(19)12-11-21-9-7-17-27(5)24(14-15-25(21)27)20(2)8-6-16-26(3,4)29/h11-12,20,23-25,28-29H,1,6-10,13-18H2,2-5H3/b21-11+,22-12-/t20-,23+,24-,25+,27-/m0/s1/i3D3,4D3,5D3. The smallest absolute Gasteiger partial charge is 0.0591 e. The average Bonchev–Trinajstić information content (AvgIpc) is 3.19. The van der Waals surface area contributed by atoms with Crippen molar-refractivity contribution in [2.45, 2.75) is 110 Å². The molecule has 0 saturated heterocycles. The lowest BCUT2D eigenvalue weighted by Gasteiger charge is -2.44. The summed E-state index contributed by atoms with van der Waals surface area (Å²) in [6, 6.07) is 0. The Hall–Kier alpha value is -0.860. The fraction of sp³-hybridized carbons (Fsp3) is 0.778. The van der Waals surface area contributed by atoms with E-state index in [9.17, 15) is 10.2 Å². The maximum atomic E-state index is 10.6. The Labute approximate surface area is 191 Å². The summed E-state index contributed by atoms with van der Waals surface area (Å²) in [5.41, 5.74) is -0.480. The lowest BCUT2D eigenvalue weighted by atomic mass is 9.60. The number of allylic oxidation sites excluding steroid dienone is 4. The topological polar surface area (TPSA) is 40.5 Å². The summed E-state index contributed by atoms with van der Waals surface area (Å²) < 4.78 is 71.6. The number of rotatable bonds is 6. The zero-order valence-electron chi connectivity index (χ0n) is 26.8. The van der Waals surface area contributed by atoms with Gasteiger partial charge in [0.25, 0.3) is 0 Å². The van der Waals surface area contributed by atoms with Gasteiger partial charge in [0.1, 0.15) is 0 Å². The van der Waals surface area contributed by atoms with E-state index in [4.69, 9.17) is 12.3 Å². The molecule has 0 amide bonds. The Kier molecular flexibility index (Phi) is 4.25. The van der Waals surface area contributed by atoms with Gasteiger partial charge in [-0.05, 0) is 100 Å². The molecule has 5 atom stereocenters. The van der Waals surface area contributed by atoms with Crippen LogP contribution in [0.1, 0.15) is 110 Å². The maximum Gasteiger partial charge on any atom is 0.0591 e. The lowest BCUT2D eigenvalue weighted by molar-refractivity contribution is 0.0596. The van der Waals surface area contributed by atoms with Crippen LogP contribution in [0.15, 0.2) is 35.5 Å². The van der Waals surface area contributed by atoms with E-state index in [2.05, 4.69) is 12.7 Å². The fourth-order valence-corrected chi connectivity index (χ4v) is 6.02. The van der Waals surface area contributed by atoms with Crippen LogP contribution in [0.5, 0.6) is 0 Å². The van der Waals surface area contributed by atoms with E-state index in [0.717, 1.165) is 48.8 Å². The molecule has 3 fully saturated rings. The van der Waals surface area contributed by atoms with Crippen LogP contribution >= 0.6 is 0 Å². The molecule has 2 nitrogen and oxygen atoms in total. The van der Waals surface area contributed by atoms with Crippen LogP contribution in [0.2, 0.25) is 0 Å². The molecule has 0 radical (unpaired) electrons. The lowest BCUT2D eigenvalue weighted by Crippen LogP contribution is -2.36. The molecule has 2 N–H and O–H groups in total. The van der Waals surface area contributed by atoms with Crippen LogP contribution in [0.4, 0.5) is 0 Å². The Morgan fingerprint density at radius 1 is 1.28 bits per heavy atom. The molecule has 0 unspecified atom stereocenters. The van der Waals surface area contributed by atoms with E-state index in [1.165, 1.54) is 0 Å². The average molecular weight is 410 g/mol. The monoisotopic (exact) mass is 409 g/mol. The van der Waals surface area contributed by atoms with Gasteiger partial charge in [0.2, 0.25) is 0 Å². The summed E-state index contributed by atoms with van der Waals surface area (Å²) in [4.78, 5) is 0. The fourth-order valence-electron chi connectivity index (χ4n) is 6.02. The van der Waals surface area contributed by atoms with Crippen LogP contribution in [0.3, 0.4) is 0 Å². The minimum atomic E-state index is -3.04. The van der Waals surface area contributed by atoms with Crippen LogP contribution in [-0.2, 0) is 0 Å². The van der Waals surface area contributed by atoms with Gasteiger partial charge in [0.15, 0.2) is 0 Å². The molecule has 0 bridgehead atoms. The van der Waals surface area contributed by atoms with Crippen molar-refractivity contribution in [3.8, 4) is 0 Å². The summed E-state index contributed by atoms with van der Waals surface area (Å²) in [5.74, 6) is -0.267. The first-order valence-corrected chi connectivity index (χ1v) is 11.3. The molecule has 0 aromatic heterocycles. The first kappa shape index (κ1) is 13.5. The van der Waals surface area contributed by atoms with E-state index in [0.29, 0.717) is 25.7 Å². The Bertz CT molecular complexity index is 914. The number of aliphatic hydroxyl groups excluding tert-OH is 1. The van der Waals surface area contributed by atoms with E-state index in [-0.39, 0.29) is 30.3 Å². The molecule has 0 aromatic rings. The van der Waals surface area contributed by atoms with Crippen molar-refractivity contribution in [3.05, 3.63) is 35.5 Å². The largest absolute Gasteiger partial charge is 0.393 e. The van der Waals surface area contributed by atoms with Crippen LogP contribution in [0, 0.1) is 23.2 Å². The summed E-state index contributed by atoms with van der Waals surface area (Å²) >= 11 is 0. The van der Waals surface area contributed by atoms with Crippen molar-refractivity contribution in [3.63, 3.8) is 0 Å². The minimum absolute atomic E-state index is 0.0659. The van der Waals surface area contributed by atoms with E-state index >= 15 is 0 Å². The Balaban J connectivity index is 1.82. The van der Waals surface area contributed by atoms with Crippen molar-refractivity contribution < 1.29 is 22.5 Å². The molecular formula is C27H44O2. The number of hydrogen-bond donors (Lipinski definition) is 2. The molecule has 0 aliphatic heterocycles. The second-order valence-electron chi connectivity index (χ2n) is 9.79. The second kappa shape index (κ2) is 9.10. The summed E-state index contributed by atoms with van der Waals surface area (Å²) in [5, 5.41) is 20.7. The highest BCUT2D eigenvalue weighted by Crippen LogP contribution is 2.60. The third-order valence-electron chi connectivity index (χ3n) is 7.63. The molecular weight excluding hydrogens is 356 g/mol. The van der Waals surface area contributed by atoms with Gasteiger partial charge >= 0.3 is 0 Å². The Morgan fingerprint density at radius 3 is 2.86 bits per heavy atom. The third-order valence-corrected chi connectivity index (χ3v) is 7.63. The van der Waals surface area contributed by atoms with Gasteiger partial charge in [-0.2, -0.15) is 0 Å². The number of hydrogen-bond acceptors (Lipinski definition) is 2. The van der Waals surface area contributed by atoms with Gasteiger partial charge in [-0.3, -0.25) is 0 Å². The first-order chi connectivity index (χ1) is 17.3. The molecule has 3 saturated carbocycles. The molecule has 2 heteroatoms. The predicted molar refractivity (Wildman–Crippen MR) is 123 cm³/mol. The van der Waals surface area contributed by atoms with Gasteiger partial charge < -0.3 is 10.2 Å². The quantitative estimate of drug-likeness (QED) is 0.510. The van der Waals surface area contributed by atoms with Crippen LogP contribution < -0.4 is 0 Å². The summed E-state index contributed by atoms with van der Waals surface area (Å²) in [6.07, 6.45) is 9.72. The molecule has 3 rings (SSSR count). The molecule has 0 aromatic carbocycles. The normalized spacial score (nSPS) is 43.1. The predicted octanol–water partition coefficient (Wildman–Crippen LogP) is 6.73. The third kappa shape index (κ3) is 5.44. The Morgan fingerprint density at radius 2 is 2.10 bits per heavy atom. The molecule has 0 heterocycles. The van der Waals surface area contributed by atoms with E-state index in [1.54, 1.807) is 0 Å².